The van der Waals surface area contributed by atoms with Crippen molar-refractivity contribution in [1.82, 2.24) is 0 Å². The second-order valence-corrected chi connectivity index (χ2v) is 8.00. The van der Waals surface area contributed by atoms with Crippen molar-refractivity contribution in [2.45, 2.75) is 39.1 Å². The molecule has 1 fully saturated rings. The average Bonchev–Trinajstić information content (AvgIpc) is 2.67. The lowest BCUT2D eigenvalue weighted by atomic mass is 9.57. The summed E-state index contributed by atoms with van der Waals surface area (Å²) in [5, 5.41) is 0. The van der Waals surface area contributed by atoms with Crippen LogP contribution in [-0.4, -0.2) is 30.3 Å². The smallest absolute Gasteiger partial charge is 0.368 e. The highest BCUT2D eigenvalue weighted by Crippen LogP contribution is 2.69. The molecular weight excluding hydrogens is 353 g/mol. The number of carbonyl (C=O) groups excluding carboxylic acids is 2. The summed E-state index contributed by atoms with van der Waals surface area (Å²) in [7, 11) is -5.84. The van der Waals surface area contributed by atoms with E-state index in [-0.39, 0.29) is 5.41 Å². The summed E-state index contributed by atoms with van der Waals surface area (Å²) in [6, 6.07) is 0. The van der Waals surface area contributed by atoms with Crippen LogP contribution in [0.2, 0.25) is 0 Å². The van der Waals surface area contributed by atoms with Crippen LogP contribution in [0.15, 0.2) is 11.6 Å². The second-order valence-electron chi connectivity index (χ2n) is 6.58. The van der Waals surface area contributed by atoms with E-state index in [1.165, 1.54) is 0 Å². The van der Waals surface area contributed by atoms with Crippen molar-refractivity contribution in [2.75, 3.05) is 0 Å². The monoisotopic (exact) mass is 372 g/mol. The van der Waals surface area contributed by atoms with Crippen molar-refractivity contribution in [2.24, 2.45) is 27.7 Å². The van der Waals surface area contributed by atoms with Gasteiger partial charge in [0.05, 0.1) is 0 Å². The van der Waals surface area contributed by atoms with Gasteiger partial charge in [-0.05, 0) is 18.3 Å². The summed E-state index contributed by atoms with van der Waals surface area (Å²) in [5.74, 6) is -1.24. The highest BCUT2D eigenvalue weighted by Gasteiger charge is 2.69. The Balaban J connectivity index is 0.000000307. The minimum absolute atomic E-state index is 0.183. The lowest BCUT2D eigenvalue weighted by molar-refractivity contribution is -0.146. The second kappa shape index (κ2) is 5.45. The summed E-state index contributed by atoms with van der Waals surface area (Å²) < 4.78 is 57.5. The van der Waals surface area contributed by atoms with E-state index in [0.29, 0.717) is 0 Å². The number of amides is 2. The van der Waals surface area contributed by atoms with E-state index in [1.807, 2.05) is 6.92 Å². The van der Waals surface area contributed by atoms with Gasteiger partial charge < -0.3 is 11.5 Å². The van der Waals surface area contributed by atoms with Gasteiger partial charge in [-0.15, -0.1) is 0 Å². The number of fused-ring (bicyclic) bond motifs is 2. The molecule has 0 aromatic heterocycles. The van der Waals surface area contributed by atoms with Crippen molar-refractivity contribution in [3.8, 4) is 0 Å². The zero-order chi connectivity index (χ0) is 19.4. The van der Waals surface area contributed by atoms with E-state index < -0.39 is 38.3 Å². The predicted octanol–water partition coefficient (Wildman–Crippen LogP) is 1.10. The van der Waals surface area contributed by atoms with Crippen molar-refractivity contribution in [1.29, 1.82) is 0 Å². The third-order valence-corrected chi connectivity index (χ3v) is 5.99. The number of hydrogen-bond acceptors (Lipinski definition) is 4. The van der Waals surface area contributed by atoms with Gasteiger partial charge in [-0.25, -0.2) is 0 Å². The molecule has 0 aliphatic heterocycles. The van der Waals surface area contributed by atoms with Gasteiger partial charge in [-0.2, -0.15) is 21.6 Å². The van der Waals surface area contributed by atoms with Crippen LogP contribution in [0.25, 0.3) is 0 Å². The van der Waals surface area contributed by atoms with E-state index in [1.54, 1.807) is 6.08 Å². The molecule has 5 N–H and O–H groups in total. The first-order valence-electron chi connectivity index (χ1n) is 6.81. The Labute approximate surface area is 137 Å². The van der Waals surface area contributed by atoms with Gasteiger partial charge in [0, 0.05) is 5.41 Å². The molecule has 0 saturated heterocycles. The van der Waals surface area contributed by atoms with Crippen molar-refractivity contribution >= 4 is 21.9 Å². The van der Waals surface area contributed by atoms with Gasteiger partial charge >= 0.3 is 15.6 Å². The summed E-state index contributed by atoms with van der Waals surface area (Å²) in [6.45, 7) is 6.05. The molecule has 24 heavy (non-hydrogen) atoms. The molecule has 2 rings (SSSR count). The molecule has 1 unspecified atom stereocenters. The van der Waals surface area contributed by atoms with Gasteiger partial charge in [-0.3, -0.25) is 14.1 Å². The van der Waals surface area contributed by atoms with Gasteiger partial charge in [-0.1, -0.05) is 32.4 Å². The van der Waals surface area contributed by atoms with Crippen LogP contribution in [0.5, 0.6) is 0 Å². The Bertz CT molecular complexity index is 698. The minimum atomic E-state index is -5.84. The first kappa shape index (κ1) is 20.4. The maximum Gasteiger partial charge on any atom is 0.522 e. The number of halogens is 3. The normalized spacial score (nSPS) is 27.0. The summed E-state index contributed by atoms with van der Waals surface area (Å²) in [5.41, 5.74) is 4.52. The minimum Gasteiger partial charge on any atom is -0.368 e. The lowest BCUT2D eigenvalue weighted by Gasteiger charge is -2.44. The van der Waals surface area contributed by atoms with Crippen LogP contribution < -0.4 is 11.5 Å². The number of nitrogens with two attached hydrogens (primary N) is 2. The van der Waals surface area contributed by atoms with Gasteiger partial charge in [0.2, 0.25) is 11.8 Å². The molecule has 2 aliphatic rings. The molecule has 0 aromatic rings. The van der Waals surface area contributed by atoms with Crippen LogP contribution >= 0.6 is 0 Å². The first-order valence-corrected chi connectivity index (χ1v) is 8.25. The fraction of sp³-hybridized carbons (Fsp3) is 0.692. The Kier molecular flexibility index (Phi) is 4.63. The molecule has 1 saturated carbocycles. The van der Waals surface area contributed by atoms with Gasteiger partial charge in [0.15, 0.2) is 5.41 Å². The number of rotatable bonds is 2. The summed E-state index contributed by atoms with van der Waals surface area (Å²) in [6.07, 6.45) is 3.44. The molecule has 1 atom stereocenters. The zero-order valence-corrected chi connectivity index (χ0v) is 14.1. The number of allylic oxidation sites excluding steroid dienone is 1. The van der Waals surface area contributed by atoms with E-state index >= 15 is 0 Å². The first-order chi connectivity index (χ1) is 10.4. The quantitative estimate of drug-likeness (QED) is 0.288. The van der Waals surface area contributed by atoms with E-state index in [2.05, 4.69) is 13.8 Å². The highest BCUT2D eigenvalue weighted by molar-refractivity contribution is 7.86. The van der Waals surface area contributed by atoms with Gasteiger partial charge in [0.1, 0.15) is 0 Å². The Morgan fingerprint density at radius 2 is 1.54 bits per heavy atom. The molecular formula is C13H19F3N2O5S. The standard InChI is InChI=1S/C12H18N2O2.CHF3O3S/c1-10(2)7-4-5-11(10,3)12(6-7,8(13)15)9(14)16;2-1(3,4)8(5,6)7/h6H,4-5H2,1-3H3,(H2,13,15)(H2,14,16);(H,5,6,7). The van der Waals surface area contributed by atoms with Crippen LogP contribution in [-0.2, 0) is 19.7 Å². The molecule has 0 spiro atoms. The van der Waals surface area contributed by atoms with Crippen molar-refractivity contribution < 1.29 is 35.7 Å². The van der Waals surface area contributed by atoms with E-state index in [9.17, 15) is 22.8 Å². The molecule has 138 valence electrons. The third-order valence-electron chi connectivity index (χ3n) is 5.41. The SMILES string of the molecule is CC1(C)C2=CC(C(N)=O)(C(N)=O)C1(C)CC2.O=S(=O)(O)C(F)(F)F. The van der Waals surface area contributed by atoms with Crippen LogP contribution in [0.1, 0.15) is 33.6 Å². The zero-order valence-electron chi connectivity index (χ0n) is 13.3. The number of primary amides is 2. The van der Waals surface area contributed by atoms with E-state index in [0.717, 1.165) is 18.4 Å². The summed E-state index contributed by atoms with van der Waals surface area (Å²) >= 11 is 0. The van der Waals surface area contributed by atoms with Crippen molar-refractivity contribution in [3.05, 3.63) is 11.6 Å². The van der Waals surface area contributed by atoms with Crippen LogP contribution in [0, 0.1) is 16.2 Å². The average molecular weight is 372 g/mol. The maximum atomic E-state index is 11.7. The van der Waals surface area contributed by atoms with Gasteiger partial charge in [0.25, 0.3) is 0 Å². The molecule has 2 amide bonds. The molecule has 0 aromatic carbocycles. The summed E-state index contributed by atoms with van der Waals surface area (Å²) in [4.78, 5) is 23.4. The molecule has 2 aliphatic carbocycles. The largest absolute Gasteiger partial charge is 0.522 e. The third kappa shape index (κ3) is 2.59. The van der Waals surface area contributed by atoms with Crippen molar-refractivity contribution in [3.63, 3.8) is 0 Å². The molecule has 11 heteroatoms. The number of alkyl halides is 3. The fourth-order valence-corrected chi connectivity index (χ4v) is 3.53. The van der Waals surface area contributed by atoms with Crippen LogP contribution in [0.4, 0.5) is 13.2 Å². The molecule has 2 bridgehead atoms. The Morgan fingerprint density at radius 1 is 1.17 bits per heavy atom. The number of hydrogen-bond donors (Lipinski definition) is 3. The number of carbonyl (C=O) groups is 2. The topological polar surface area (TPSA) is 141 Å². The predicted molar refractivity (Wildman–Crippen MR) is 77.6 cm³/mol. The molecule has 7 nitrogen and oxygen atoms in total. The maximum absolute atomic E-state index is 11.7. The lowest BCUT2D eigenvalue weighted by Crippen LogP contribution is -2.57. The highest BCUT2D eigenvalue weighted by atomic mass is 32.2. The Morgan fingerprint density at radius 3 is 1.67 bits per heavy atom. The molecule has 0 heterocycles. The van der Waals surface area contributed by atoms with Crippen LogP contribution in [0.3, 0.4) is 0 Å². The van der Waals surface area contributed by atoms with E-state index in [4.69, 9.17) is 24.4 Å². The fourth-order valence-electron chi connectivity index (χ4n) is 3.53. The molecule has 0 radical (unpaired) electrons. The Hall–Kier alpha value is -1.62.